The molecule has 21 heavy (non-hydrogen) atoms. The Balaban J connectivity index is 2.20. The van der Waals surface area contributed by atoms with Crippen molar-refractivity contribution < 1.29 is 9.47 Å². The van der Waals surface area contributed by atoms with Crippen molar-refractivity contribution in [1.82, 2.24) is 10.3 Å². The van der Waals surface area contributed by atoms with Crippen molar-refractivity contribution in [1.29, 1.82) is 0 Å². The van der Waals surface area contributed by atoms with E-state index in [4.69, 9.17) is 9.47 Å². The van der Waals surface area contributed by atoms with Gasteiger partial charge >= 0.3 is 0 Å². The van der Waals surface area contributed by atoms with Gasteiger partial charge in [0.15, 0.2) is 0 Å². The van der Waals surface area contributed by atoms with E-state index >= 15 is 0 Å². The molecule has 0 aliphatic heterocycles. The van der Waals surface area contributed by atoms with Crippen LogP contribution in [0.4, 0.5) is 0 Å². The lowest BCUT2D eigenvalue weighted by atomic mass is 9.98. The molecule has 0 aromatic carbocycles. The first-order valence-electron chi connectivity index (χ1n) is 7.87. The predicted molar refractivity (Wildman–Crippen MR) is 85.0 cm³/mol. The number of methoxy groups -OCH3 is 2. The molecule has 2 unspecified atom stereocenters. The van der Waals surface area contributed by atoms with Gasteiger partial charge < -0.3 is 14.8 Å². The van der Waals surface area contributed by atoms with Crippen molar-refractivity contribution >= 4 is 0 Å². The lowest BCUT2D eigenvalue weighted by molar-refractivity contribution is 0.0512. The van der Waals surface area contributed by atoms with Crippen molar-refractivity contribution in [3.8, 4) is 5.75 Å². The standard InChI is InChI=1S/C17H28N2O2/c1-6-18-15(17(21-5)13-7-8-13)9-14-12(3)16(20-4)11(2)10-19-14/h10,13,15,17-18H,6-9H2,1-5H3. The molecule has 0 bridgehead atoms. The number of ether oxygens (including phenoxy) is 2. The van der Waals surface area contributed by atoms with Crippen LogP contribution < -0.4 is 10.1 Å². The summed E-state index contributed by atoms with van der Waals surface area (Å²) in [5.74, 6) is 1.65. The van der Waals surface area contributed by atoms with Gasteiger partial charge in [0.25, 0.3) is 0 Å². The predicted octanol–water partition coefficient (Wildman–Crippen LogP) is 2.65. The molecule has 0 saturated heterocycles. The lowest BCUT2D eigenvalue weighted by Crippen LogP contribution is -2.44. The lowest BCUT2D eigenvalue weighted by Gasteiger charge is -2.27. The van der Waals surface area contributed by atoms with Crippen LogP contribution in [0, 0.1) is 19.8 Å². The highest BCUT2D eigenvalue weighted by Crippen LogP contribution is 2.36. The molecule has 1 aromatic heterocycles. The van der Waals surface area contributed by atoms with Crippen molar-refractivity contribution in [2.45, 2.75) is 52.2 Å². The summed E-state index contributed by atoms with van der Waals surface area (Å²) in [6, 6.07) is 0.311. The van der Waals surface area contributed by atoms with Gasteiger partial charge in [-0.1, -0.05) is 6.92 Å². The fourth-order valence-electron chi connectivity index (χ4n) is 3.16. The monoisotopic (exact) mass is 292 g/mol. The minimum absolute atomic E-state index is 0.276. The molecule has 2 atom stereocenters. The molecule has 1 aromatic rings. The van der Waals surface area contributed by atoms with Gasteiger partial charge in [0.05, 0.1) is 13.2 Å². The molecule has 118 valence electrons. The number of rotatable bonds is 8. The summed E-state index contributed by atoms with van der Waals surface area (Å²) in [7, 11) is 3.55. The Kier molecular flexibility index (Phi) is 5.59. The minimum atomic E-state index is 0.276. The number of nitrogens with zero attached hydrogens (tertiary/aromatic N) is 1. The van der Waals surface area contributed by atoms with Gasteiger partial charge in [-0.05, 0) is 39.2 Å². The van der Waals surface area contributed by atoms with Crippen LogP contribution in [0.5, 0.6) is 5.75 Å². The zero-order valence-electron chi connectivity index (χ0n) is 13.9. The van der Waals surface area contributed by atoms with Gasteiger partial charge in [-0.15, -0.1) is 0 Å². The first-order valence-corrected chi connectivity index (χ1v) is 7.87. The fourth-order valence-corrected chi connectivity index (χ4v) is 3.16. The van der Waals surface area contributed by atoms with Crippen molar-refractivity contribution in [2.75, 3.05) is 20.8 Å². The van der Waals surface area contributed by atoms with Gasteiger partial charge in [-0.2, -0.15) is 0 Å². The molecule has 2 rings (SSSR count). The van der Waals surface area contributed by atoms with Gasteiger partial charge in [0, 0.05) is 42.6 Å². The van der Waals surface area contributed by atoms with Crippen LogP contribution in [0.3, 0.4) is 0 Å². The van der Waals surface area contributed by atoms with E-state index in [1.165, 1.54) is 12.8 Å². The number of likely N-dealkylation sites (N-methyl/N-ethyl adjacent to an activating group) is 1. The zero-order valence-corrected chi connectivity index (χ0v) is 13.9. The average Bonchev–Trinajstić information content (AvgIpc) is 3.28. The van der Waals surface area contributed by atoms with E-state index in [9.17, 15) is 0 Å². The van der Waals surface area contributed by atoms with E-state index in [1.54, 1.807) is 7.11 Å². The molecular formula is C17H28N2O2. The van der Waals surface area contributed by atoms with E-state index in [2.05, 4.69) is 24.1 Å². The Morgan fingerprint density at radius 1 is 1.33 bits per heavy atom. The van der Waals surface area contributed by atoms with Crippen LogP contribution in [-0.4, -0.2) is 37.9 Å². The summed E-state index contributed by atoms with van der Waals surface area (Å²) >= 11 is 0. The van der Waals surface area contributed by atoms with Crippen LogP contribution in [0.2, 0.25) is 0 Å². The molecule has 1 saturated carbocycles. The smallest absolute Gasteiger partial charge is 0.128 e. The van der Waals surface area contributed by atoms with Crippen LogP contribution in [0.15, 0.2) is 6.20 Å². The zero-order chi connectivity index (χ0) is 15.4. The van der Waals surface area contributed by atoms with Crippen molar-refractivity contribution in [2.24, 2.45) is 5.92 Å². The third kappa shape index (κ3) is 3.74. The second-order valence-electron chi connectivity index (χ2n) is 5.95. The maximum atomic E-state index is 5.76. The highest BCUT2D eigenvalue weighted by Gasteiger charge is 2.36. The second-order valence-corrected chi connectivity index (χ2v) is 5.95. The van der Waals surface area contributed by atoms with E-state index < -0.39 is 0 Å². The SMILES string of the molecule is CCNC(Cc1ncc(C)c(OC)c1C)C(OC)C1CC1. The summed E-state index contributed by atoms with van der Waals surface area (Å²) in [5, 5.41) is 3.58. The number of aromatic nitrogens is 1. The molecule has 4 heteroatoms. The Morgan fingerprint density at radius 3 is 2.57 bits per heavy atom. The Bertz CT molecular complexity index is 472. The van der Waals surface area contributed by atoms with E-state index in [0.29, 0.717) is 12.0 Å². The highest BCUT2D eigenvalue weighted by atomic mass is 16.5. The van der Waals surface area contributed by atoms with Crippen LogP contribution in [0.25, 0.3) is 0 Å². The van der Waals surface area contributed by atoms with Crippen molar-refractivity contribution in [3.05, 3.63) is 23.0 Å². The molecular weight excluding hydrogens is 264 g/mol. The third-order valence-electron chi connectivity index (χ3n) is 4.38. The average molecular weight is 292 g/mol. The summed E-state index contributed by atoms with van der Waals surface area (Å²) in [6.07, 6.45) is 5.63. The Labute approximate surface area is 128 Å². The first kappa shape index (κ1) is 16.2. The Morgan fingerprint density at radius 2 is 2.05 bits per heavy atom. The van der Waals surface area contributed by atoms with Crippen molar-refractivity contribution in [3.63, 3.8) is 0 Å². The second kappa shape index (κ2) is 7.23. The summed E-state index contributed by atoms with van der Waals surface area (Å²) < 4.78 is 11.3. The van der Waals surface area contributed by atoms with E-state index in [1.807, 2.05) is 20.2 Å². The number of hydrogen-bond acceptors (Lipinski definition) is 4. The van der Waals surface area contributed by atoms with Crippen LogP contribution in [-0.2, 0) is 11.2 Å². The molecule has 1 aliphatic carbocycles. The van der Waals surface area contributed by atoms with E-state index in [-0.39, 0.29) is 6.10 Å². The Hall–Kier alpha value is -1.13. The van der Waals surface area contributed by atoms with Gasteiger partial charge in [-0.3, -0.25) is 4.98 Å². The normalized spacial score (nSPS) is 17.6. The van der Waals surface area contributed by atoms with Gasteiger partial charge in [0.2, 0.25) is 0 Å². The molecule has 1 aliphatic rings. The van der Waals surface area contributed by atoms with Crippen LogP contribution >= 0.6 is 0 Å². The summed E-state index contributed by atoms with van der Waals surface area (Å²) in [6.45, 7) is 7.21. The fraction of sp³-hybridized carbons (Fsp3) is 0.706. The molecule has 1 fully saturated rings. The summed E-state index contributed by atoms with van der Waals surface area (Å²) in [5.41, 5.74) is 3.33. The molecule has 4 nitrogen and oxygen atoms in total. The molecule has 1 heterocycles. The number of nitrogens with one attached hydrogen (secondary N) is 1. The molecule has 0 radical (unpaired) electrons. The molecule has 0 amide bonds. The maximum Gasteiger partial charge on any atom is 0.128 e. The highest BCUT2D eigenvalue weighted by molar-refractivity contribution is 5.41. The quantitative estimate of drug-likeness (QED) is 0.800. The number of pyridine rings is 1. The third-order valence-corrected chi connectivity index (χ3v) is 4.38. The van der Waals surface area contributed by atoms with Crippen LogP contribution in [0.1, 0.15) is 36.6 Å². The largest absolute Gasteiger partial charge is 0.496 e. The molecule has 0 spiro atoms. The van der Waals surface area contributed by atoms with Gasteiger partial charge in [0.1, 0.15) is 5.75 Å². The topological polar surface area (TPSA) is 43.4 Å². The summed E-state index contributed by atoms with van der Waals surface area (Å²) in [4.78, 5) is 4.63. The minimum Gasteiger partial charge on any atom is -0.496 e. The first-order chi connectivity index (χ1) is 10.1. The number of aryl methyl sites for hydroxylation is 1. The van der Waals surface area contributed by atoms with E-state index in [0.717, 1.165) is 35.5 Å². The number of hydrogen-bond donors (Lipinski definition) is 1. The molecule has 1 N–H and O–H groups in total. The maximum absolute atomic E-state index is 5.76. The van der Waals surface area contributed by atoms with Gasteiger partial charge in [-0.25, -0.2) is 0 Å².